The van der Waals surface area contributed by atoms with Gasteiger partial charge in [0.25, 0.3) is 0 Å². The van der Waals surface area contributed by atoms with Crippen molar-refractivity contribution in [2.45, 2.75) is 40.4 Å². The molecule has 0 aromatic heterocycles. The average Bonchev–Trinajstić information content (AvgIpc) is 2.97. The molecule has 0 saturated carbocycles. The van der Waals surface area contributed by atoms with Gasteiger partial charge in [0.2, 0.25) is 6.41 Å². The highest BCUT2D eigenvalue weighted by Crippen LogP contribution is 2.22. The van der Waals surface area contributed by atoms with Gasteiger partial charge in [-0.2, -0.15) is 0 Å². The lowest BCUT2D eigenvalue weighted by atomic mass is 10.0. The molecule has 0 radical (unpaired) electrons. The zero-order valence-corrected chi connectivity index (χ0v) is 16.6. The number of fused-ring (bicyclic) bond motifs is 1. The van der Waals surface area contributed by atoms with Crippen LogP contribution in [0.15, 0.2) is 41.7 Å². The van der Waals surface area contributed by atoms with Gasteiger partial charge in [0.15, 0.2) is 0 Å². The molecule has 1 aliphatic heterocycles. The topological polar surface area (TPSA) is 64.0 Å². The lowest BCUT2D eigenvalue weighted by molar-refractivity contribution is -0.118. The maximum atomic E-state index is 10.7. The first-order valence-corrected chi connectivity index (χ1v) is 8.90. The van der Waals surface area contributed by atoms with E-state index in [1.165, 1.54) is 16.7 Å². The van der Waals surface area contributed by atoms with Crippen molar-refractivity contribution in [1.82, 2.24) is 9.80 Å². The Kier molecular flexibility index (Phi) is 9.10. The van der Waals surface area contributed by atoms with Crippen molar-refractivity contribution >= 4 is 6.41 Å². The summed E-state index contributed by atoms with van der Waals surface area (Å²) in [6.07, 6.45) is 4.29. The molecule has 1 heterocycles. The highest BCUT2D eigenvalue weighted by Gasteiger charge is 2.17. The van der Waals surface area contributed by atoms with E-state index in [1.807, 2.05) is 13.8 Å². The molecule has 1 aromatic rings. The van der Waals surface area contributed by atoms with Crippen LogP contribution in [0.1, 0.15) is 37.5 Å². The quantitative estimate of drug-likeness (QED) is 0.464. The summed E-state index contributed by atoms with van der Waals surface area (Å²) in [5, 5.41) is 17.6. The van der Waals surface area contributed by atoms with Crippen LogP contribution in [0, 0.1) is 5.92 Å². The van der Waals surface area contributed by atoms with Crippen molar-refractivity contribution in [1.29, 1.82) is 0 Å². The molecule has 26 heavy (non-hydrogen) atoms. The maximum absolute atomic E-state index is 10.7. The summed E-state index contributed by atoms with van der Waals surface area (Å²) < 4.78 is 0. The number of nitrogens with zero attached hydrogens (tertiary/aromatic N) is 2. The molecule has 0 bridgehead atoms. The number of amides is 1. The molecule has 1 amide bonds. The van der Waals surface area contributed by atoms with E-state index in [0.29, 0.717) is 11.7 Å². The summed E-state index contributed by atoms with van der Waals surface area (Å²) in [7, 11) is 4.12. The van der Waals surface area contributed by atoms with Gasteiger partial charge in [-0.15, -0.1) is 0 Å². The van der Waals surface area contributed by atoms with Gasteiger partial charge in [-0.1, -0.05) is 44.2 Å². The van der Waals surface area contributed by atoms with Crippen LogP contribution in [0.5, 0.6) is 0 Å². The van der Waals surface area contributed by atoms with Crippen LogP contribution in [0.4, 0.5) is 0 Å². The lowest BCUT2D eigenvalue weighted by Crippen LogP contribution is -2.12. The Morgan fingerprint density at radius 1 is 1.27 bits per heavy atom. The van der Waals surface area contributed by atoms with Gasteiger partial charge >= 0.3 is 0 Å². The summed E-state index contributed by atoms with van der Waals surface area (Å²) in [5.41, 5.74) is 4.76. The van der Waals surface area contributed by atoms with E-state index in [-0.39, 0.29) is 6.61 Å². The van der Waals surface area contributed by atoms with Crippen molar-refractivity contribution in [2.75, 3.05) is 20.7 Å². The fourth-order valence-electron chi connectivity index (χ4n) is 2.92. The van der Waals surface area contributed by atoms with Gasteiger partial charge in [-0.25, -0.2) is 0 Å². The second-order valence-corrected chi connectivity index (χ2v) is 7.13. The van der Waals surface area contributed by atoms with Crippen LogP contribution >= 0.6 is 0 Å². The first-order valence-electron chi connectivity index (χ1n) is 8.90. The van der Waals surface area contributed by atoms with Crippen molar-refractivity contribution in [3.63, 3.8) is 0 Å². The van der Waals surface area contributed by atoms with Crippen molar-refractivity contribution < 1.29 is 15.0 Å². The third kappa shape index (κ3) is 7.02. The molecule has 0 unspecified atom stereocenters. The monoisotopic (exact) mass is 360 g/mol. The second-order valence-electron chi connectivity index (χ2n) is 7.13. The van der Waals surface area contributed by atoms with E-state index in [1.54, 1.807) is 24.0 Å². The molecule has 0 aliphatic carbocycles. The Morgan fingerprint density at radius 3 is 2.42 bits per heavy atom. The number of carbonyl (C=O) groups is 1. The van der Waals surface area contributed by atoms with Crippen LogP contribution in [0.3, 0.4) is 0 Å². The molecule has 2 N–H and O–H groups in total. The summed E-state index contributed by atoms with van der Waals surface area (Å²) in [6, 6.07) is 6.49. The van der Waals surface area contributed by atoms with Crippen LogP contribution in [-0.2, 0) is 24.4 Å². The molecular weight excluding hydrogens is 328 g/mol. The van der Waals surface area contributed by atoms with Crippen LogP contribution < -0.4 is 0 Å². The van der Waals surface area contributed by atoms with Gasteiger partial charge < -0.3 is 20.0 Å². The Hall–Kier alpha value is -2.11. The third-order valence-electron chi connectivity index (χ3n) is 4.11. The van der Waals surface area contributed by atoms with Gasteiger partial charge in [0.1, 0.15) is 0 Å². The minimum atomic E-state index is 0.0174. The number of benzene rings is 1. The van der Waals surface area contributed by atoms with Gasteiger partial charge in [-0.3, -0.25) is 4.79 Å². The average molecular weight is 360 g/mol. The molecule has 1 aromatic carbocycles. The molecule has 5 heteroatoms. The fraction of sp³-hybridized carbons (Fsp3) is 0.476. The van der Waals surface area contributed by atoms with Crippen molar-refractivity contribution in [3.8, 4) is 0 Å². The minimum Gasteiger partial charge on any atom is -0.512 e. The molecule has 0 fully saturated rings. The van der Waals surface area contributed by atoms with E-state index in [9.17, 15) is 4.79 Å². The predicted molar refractivity (Wildman–Crippen MR) is 106 cm³/mol. The fourth-order valence-corrected chi connectivity index (χ4v) is 2.92. The first kappa shape index (κ1) is 21.9. The van der Waals surface area contributed by atoms with Gasteiger partial charge in [0.05, 0.1) is 12.4 Å². The molecule has 1 aliphatic rings. The summed E-state index contributed by atoms with van der Waals surface area (Å²) in [6.45, 7) is 8.14. The zero-order chi connectivity index (χ0) is 19.7. The number of rotatable bonds is 6. The molecule has 0 atom stereocenters. The minimum absolute atomic E-state index is 0.0174. The zero-order valence-electron chi connectivity index (χ0n) is 16.6. The Morgan fingerprint density at radius 2 is 1.92 bits per heavy atom. The number of aliphatic hydroxyl groups excluding tert-OH is 2. The van der Waals surface area contributed by atoms with Gasteiger partial charge in [-0.05, 0) is 49.2 Å². The Labute approximate surface area is 157 Å². The molecular formula is C21H32N2O3. The molecule has 0 saturated heterocycles. The van der Waals surface area contributed by atoms with Crippen LogP contribution in [0.2, 0.25) is 0 Å². The number of hydrogen-bond donors (Lipinski definition) is 2. The summed E-state index contributed by atoms with van der Waals surface area (Å²) in [5.74, 6) is 0.618. The number of hydrogen-bond acceptors (Lipinski definition) is 4. The number of carbonyl (C=O) groups excluding carboxylic acids is 1. The molecule has 2 rings (SSSR count). The number of aliphatic hydroxyl groups is 2. The molecule has 5 nitrogen and oxygen atoms in total. The highest BCUT2D eigenvalue weighted by atomic mass is 16.3. The Bertz CT molecular complexity index is 645. The second kappa shape index (κ2) is 10.8. The SMILES string of the molecule is C/C(O)=C(\C=C/CO)C(C)C.CN(C)Cc1ccc2c(c1)CN(C=O)C2. The largest absolute Gasteiger partial charge is 0.512 e. The van der Waals surface area contributed by atoms with Crippen molar-refractivity contribution in [2.24, 2.45) is 5.92 Å². The normalized spacial score (nSPS) is 14.4. The van der Waals surface area contributed by atoms with E-state index < -0.39 is 0 Å². The van der Waals surface area contributed by atoms with Crippen LogP contribution in [-0.4, -0.2) is 47.1 Å². The molecule has 0 spiro atoms. The van der Waals surface area contributed by atoms with E-state index >= 15 is 0 Å². The highest BCUT2D eigenvalue weighted by molar-refractivity contribution is 5.51. The van der Waals surface area contributed by atoms with Gasteiger partial charge in [0, 0.05) is 19.6 Å². The predicted octanol–water partition coefficient (Wildman–Crippen LogP) is 3.24. The Balaban J connectivity index is 0.000000276. The van der Waals surface area contributed by atoms with Crippen LogP contribution in [0.25, 0.3) is 0 Å². The summed E-state index contributed by atoms with van der Waals surface area (Å²) in [4.78, 5) is 14.6. The van der Waals surface area contributed by atoms with Crippen molar-refractivity contribution in [3.05, 3.63) is 58.4 Å². The maximum Gasteiger partial charge on any atom is 0.210 e. The number of allylic oxidation sites excluding steroid dienone is 3. The van der Waals surface area contributed by atoms with E-state index in [4.69, 9.17) is 10.2 Å². The lowest BCUT2D eigenvalue weighted by Gasteiger charge is -2.10. The third-order valence-corrected chi connectivity index (χ3v) is 4.11. The van der Waals surface area contributed by atoms with E-state index in [2.05, 4.69) is 37.2 Å². The molecule has 144 valence electrons. The van der Waals surface area contributed by atoms with E-state index in [0.717, 1.165) is 31.6 Å². The smallest absolute Gasteiger partial charge is 0.210 e. The summed E-state index contributed by atoms with van der Waals surface area (Å²) >= 11 is 0. The first-order chi connectivity index (χ1) is 12.3. The standard InChI is InChI=1S/C12H16N2O.C9H16O2/c1-13(2)6-10-3-4-11-7-14(9-15)8-12(11)5-10;1-7(2)9(8(3)11)5-4-6-10/h3-5,9H,6-8H2,1-2H3;4-5,7,10-11H,6H2,1-3H3/b;5-4-,9-8-.